The van der Waals surface area contributed by atoms with Crippen LogP contribution < -0.4 is 5.73 Å². The molecular formula is C18H37NO. The van der Waals surface area contributed by atoms with Crippen molar-refractivity contribution in [3.8, 4) is 0 Å². The fourth-order valence-corrected chi connectivity index (χ4v) is 2.34. The minimum Gasteiger partial charge on any atom is -0.387 e. The van der Waals surface area contributed by atoms with Crippen LogP contribution in [0.3, 0.4) is 0 Å². The molecule has 0 aromatic rings. The van der Waals surface area contributed by atoms with Gasteiger partial charge < -0.3 is 10.8 Å². The molecule has 0 saturated carbocycles. The van der Waals surface area contributed by atoms with Gasteiger partial charge in [0.2, 0.25) is 0 Å². The van der Waals surface area contributed by atoms with Gasteiger partial charge in [-0.2, -0.15) is 0 Å². The molecule has 0 fully saturated rings. The highest BCUT2D eigenvalue weighted by atomic mass is 16.3. The molecular weight excluding hydrogens is 246 g/mol. The molecule has 0 aliphatic rings. The van der Waals surface area contributed by atoms with Crippen molar-refractivity contribution in [3.05, 3.63) is 12.2 Å². The second-order valence-electron chi connectivity index (χ2n) is 6.10. The summed E-state index contributed by atoms with van der Waals surface area (Å²) in [6, 6.07) is -0.163. The fraction of sp³-hybridized carbons (Fsp3) is 0.889. The Kier molecular flexibility index (Phi) is 14.8. The minimum atomic E-state index is -0.484. The first-order chi connectivity index (χ1) is 9.68. The Morgan fingerprint density at radius 3 is 1.75 bits per heavy atom. The number of allylic oxidation sites excluding steroid dienone is 1. The number of rotatable bonds is 14. The summed E-state index contributed by atoms with van der Waals surface area (Å²) in [5, 5.41) is 9.49. The van der Waals surface area contributed by atoms with Crippen LogP contribution >= 0.6 is 0 Å². The standard InChI is InChI=1S/C18H37NO/c1-3-4-5-6-7-8-9-10-11-12-13-14-15-16-18(20)17(2)19/h15-18,20H,3-14,19H2,1-2H3/b16-15+/t17-,18+/m1/s1. The van der Waals surface area contributed by atoms with Crippen molar-refractivity contribution in [2.24, 2.45) is 5.73 Å². The predicted octanol–water partition coefficient (Wildman–Crippen LogP) is 4.95. The molecule has 2 nitrogen and oxygen atoms in total. The topological polar surface area (TPSA) is 46.2 Å². The van der Waals surface area contributed by atoms with Gasteiger partial charge in [0.15, 0.2) is 0 Å². The van der Waals surface area contributed by atoms with Crippen LogP contribution in [0.25, 0.3) is 0 Å². The van der Waals surface area contributed by atoms with Crippen molar-refractivity contribution in [3.63, 3.8) is 0 Å². The molecule has 0 aliphatic heterocycles. The van der Waals surface area contributed by atoms with E-state index in [1.165, 1.54) is 70.6 Å². The Morgan fingerprint density at radius 1 is 0.850 bits per heavy atom. The third-order valence-electron chi connectivity index (χ3n) is 3.85. The van der Waals surface area contributed by atoms with Crippen LogP contribution in [0.4, 0.5) is 0 Å². The summed E-state index contributed by atoms with van der Waals surface area (Å²) in [4.78, 5) is 0. The maximum atomic E-state index is 9.49. The van der Waals surface area contributed by atoms with Gasteiger partial charge in [0.25, 0.3) is 0 Å². The van der Waals surface area contributed by atoms with Gasteiger partial charge in [-0.25, -0.2) is 0 Å². The van der Waals surface area contributed by atoms with Gasteiger partial charge in [0.05, 0.1) is 6.10 Å². The lowest BCUT2D eigenvalue weighted by Gasteiger charge is -2.08. The van der Waals surface area contributed by atoms with E-state index in [2.05, 4.69) is 13.0 Å². The Bertz CT molecular complexity index is 213. The first kappa shape index (κ1) is 19.7. The van der Waals surface area contributed by atoms with Crippen LogP contribution in [0.2, 0.25) is 0 Å². The second-order valence-corrected chi connectivity index (χ2v) is 6.10. The van der Waals surface area contributed by atoms with Gasteiger partial charge in [-0.05, 0) is 19.8 Å². The molecule has 2 atom stereocenters. The van der Waals surface area contributed by atoms with Gasteiger partial charge in [-0.3, -0.25) is 0 Å². The largest absolute Gasteiger partial charge is 0.387 e. The van der Waals surface area contributed by atoms with Crippen LogP contribution in [-0.2, 0) is 0 Å². The molecule has 2 heteroatoms. The van der Waals surface area contributed by atoms with Crippen LogP contribution in [-0.4, -0.2) is 17.3 Å². The minimum absolute atomic E-state index is 0.163. The highest BCUT2D eigenvalue weighted by molar-refractivity contribution is 4.92. The molecule has 0 aliphatic carbocycles. The Balaban J connectivity index is 3.13. The predicted molar refractivity (Wildman–Crippen MR) is 89.9 cm³/mol. The van der Waals surface area contributed by atoms with Gasteiger partial charge >= 0.3 is 0 Å². The molecule has 0 radical (unpaired) electrons. The van der Waals surface area contributed by atoms with E-state index in [1.54, 1.807) is 0 Å². The lowest BCUT2D eigenvalue weighted by atomic mass is 10.0. The van der Waals surface area contributed by atoms with Gasteiger partial charge in [0.1, 0.15) is 0 Å². The quantitative estimate of drug-likeness (QED) is 0.350. The third kappa shape index (κ3) is 14.1. The van der Waals surface area contributed by atoms with Crippen molar-refractivity contribution >= 4 is 0 Å². The monoisotopic (exact) mass is 283 g/mol. The van der Waals surface area contributed by atoms with E-state index in [4.69, 9.17) is 5.73 Å². The van der Waals surface area contributed by atoms with Crippen LogP contribution in [0.5, 0.6) is 0 Å². The molecule has 20 heavy (non-hydrogen) atoms. The molecule has 0 saturated heterocycles. The van der Waals surface area contributed by atoms with E-state index in [0.29, 0.717) is 0 Å². The fourth-order valence-electron chi connectivity index (χ4n) is 2.34. The highest BCUT2D eigenvalue weighted by Gasteiger charge is 2.03. The summed E-state index contributed by atoms with van der Waals surface area (Å²) < 4.78 is 0. The van der Waals surface area contributed by atoms with Gasteiger partial charge in [-0.15, -0.1) is 0 Å². The van der Waals surface area contributed by atoms with Crippen molar-refractivity contribution in [1.29, 1.82) is 0 Å². The number of aliphatic hydroxyl groups is 1. The average molecular weight is 284 g/mol. The Labute approximate surface area is 126 Å². The summed E-state index contributed by atoms with van der Waals surface area (Å²) in [7, 11) is 0. The van der Waals surface area contributed by atoms with E-state index in [1.807, 2.05) is 13.0 Å². The number of nitrogens with two attached hydrogens (primary N) is 1. The number of aliphatic hydroxyl groups excluding tert-OH is 1. The SMILES string of the molecule is CCCCCCCCCCCCC/C=C/[C@H](O)[C@@H](C)N. The summed E-state index contributed by atoms with van der Waals surface area (Å²) in [6.45, 7) is 4.10. The van der Waals surface area contributed by atoms with Gasteiger partial charge in [-0.1, -0.05) is 83.3 Å². The summed E-state index contributed by atoms with van der Waals surface area (Å²) >= 11 is 0. The molecule has 0 heterocycles. The zero-order valence-electron chi connectivity index (χ0n) is 13.8. The molecule has 3 N–H and O–H groups in total. The van der Waals surface area contributed by atoms with E-state index in [0.717, 1.165) is 6.42 Å². The molecule has 0 amide bonds. The molecule has 120 valence electrons. The van der Waals surface area contributed by atoms with E-state index in [-0.39, 0.29) is 6.04 Å². The van der Waals surface area contributed by atoms with Crippen molar-refractivity contribution in [2.75, 3.05) is 0 Å². The third-order valence-corrected chi connectivity index (χ3v) is 3.85. The van der Waals surface area contributed by atoms with Crippen molar-refractivity contribution in [1.82, 2.24) is 0 Å². The van der Waals surface area contributed by atoms with E-state index in [9.17, 15) is 5.11 Å². The zero-order valence-corrected chi connectivity index (χ0v) is 13.8. The number of unbranched alkanes of at least 4 members (excludes halogenated alkanes) is 11. The summed E-state index contributed by atoms with van der Waals surface area (Å²) in [5.74, 6) is 0. The first-order valence-electron chi connectivity index (χ1n) is 8.78. The summed E-state index contributed by atoms with van der Waals surface area (Å²) in [5.41, 5.74) is 5.58. The number of hydrogen-bond donors (Lipinski definition) is 2. The van der Waals surface area contributed by atoms with E-state index >= 15 is 0 Å². The van der Waals surface area contributed by atoms with E-state index < -0.39 is 6.10 Å². The van der Waals surface area contributed by atoms with Crippen LogP contribution in [0.1, 0.15) is 90.9 Å². The molecule has 0 unspecified atom stereocenters. The number of hydrogen-bond acceptors (Lipinski definition) is 2. The molecule has 0 rings (SSSR count). The lowest BCUT2D eigenvalue weighted by molar-refractivity contribution is 0.198. The van der Waals surface area contributed by atoms with Crippen LogP contribution in [0.15, 0.2) is 12.2 Å². The zero-order chi connectivity index (χ0) is 15.1. The Hall–Kier alpha value is -0.340. The maximum Gasteiger partial charge on any atom is 0.0869 e. The Morgan fingerprint density at radius 2 is 1.30 bits per heavy atom. The average Bonchev–Trinajstić information content (AvgIpc) is 2.43. The lowest BCUT2D eigenvalue weighted by Crippen LogP contribution is -2.29. The molecule has 0 aromatic carbocycles. The van der Waals surface area contributed by atoms with Crippen molar-refractivity contribution in [2.45, 2.75) is 103 Å². The van der Waals surface area contributed by atoms with Crippen molar-refractivity contribution < 1.29 is 5.11 Å². The normalized spacial score (nSPS) is 14.8. The molecule has 0 spiro atoms. The molecule has 0 aromatic heterocycles. The molecule has 0 bridgehead atoms. The van der Waals surface area contributed by atoms with Gasteiger partial charge in [0, 0.05) is 6.04 Å². The summed E-state index contributed by atoms with van der Waals surface area (Å²) in [6.07, 6.45) is 19.7. The maximum absolute atomic E-state index is 9.49. The first-order valence-corrected chi connectivity index (χ1v) is 8.78. The van der Waals surface area contributed by atoms with Crippen LogP contribution in [0, 0.1) is 0 Å². The highest BCUT2D eigenvalue weighted by Crippen LogP contribution is 2.12. The second kappa shape index (κ2) is 15.1. The smallest absolute Gasteiger partial charge is 0.0869 e.